The Morgan fingerprint density at radius 3 is 2.93 bits per heavy atom. The van der Waals surface area contributed by atoms with Crippen molar-refractivity contribution in [1.82, 2.24) is 14.3 Å². The summed E-state index contributed by atoms with van der Waals surface area (Å²) in [4.78, 5) is 17.4. The van der Waals surface area contributed by atoms with Gasteiger partial charge >= 0.3 is 0 Å². The van der Waals surface area contributed by atoms with Gasteiger partial charge < -0.3 is 9.30 Å². The molecule has 0 unspecified atom stereocenters. The summed E-state index contributed by atoms with van der Waals surface area (Å²) >= 11 is 0. The number of pyridine rings is 1. The molecule has 2 rings (SSSR count). The third-order valence-electron chi connectivity index (χ3n) is 2.06. The number of carbonyl (C=O) groups is 1. The Hall–Kier alpha value is -1.84. The van der Waals surface area contributed by atoms with E-state index in [1.807, 2.05) is 22.9 Å². The fourth-order valence-electron chi connectivity index (χ4n) is 1.36. The molecule has 0 N–H and O–H groups in total. The van der Waals surface area contributed by atoms with Crippen LogP contribution in [0.2, 0.25) is 0 Å². The highest BCUT2D eigenvalue weighted by Crippen LogP contribution is 2.09. The van der Waals surface area contributed by atoms with Crippen LogP contribution in [-0.2, 0) is 0 Å². The lowest BCUT2D eigenvalue weighted by atomic mass is 10.2. The molecule has 0 fully saturated rings. The fourth-order valence-corrected chi connectivity index (χ4v) is 1.36. The van der Waals surface area contributed by atoms with Crippen LogP contribution in [0.15, 0.2) is 30.7 Å². The molecule has 4 nitrogen and oxygen atoms in total. The minimum absolute atomic E-state index is 0.0261. The zero-order chi connectivity index (χ0) is 10.1. The Morgan fingerprint density at radius 1 is 1.43 bits per heavy atom. The molecule has 1 amide bonds. The summed E-state index contributed by atoms with van der Waals surface area (Å²) in [6, 6.07) is 3.62. The topological polar surface area (TPSA) is 37.6 Å². The molecule has 0 aliphatic heterocycles. The Labute approximate surface area is 81.8 Å². The molecule has 14 heavy (non-hydrogen) atoms. The number of imidazole rings is 1. The van der Waals surface area contributed by atoms with E-state index in [2.05, 4.69) is 4.98 Å². The van der Waals surface area contributed by atoms with Crippen molar-refractivity contribution in [3.8, 4) is 0 Å². The Balaban J connectivity index is 2.62. The van der Waals surface area contributed by atoms with Gasteiger partial charge in [-0.1, -0.05) is 0 Å². The maximum Gasteiger partial charge on any atom is 0.257 e. The fraction of sp³-hybridized carbons (Fsp3) is 0.200. The second-order valence-corrected chi connectivity index (χ2v) is 3.28. The zero-order valence-electron chi connectivity index (χ0n) is 8.14. The van der Waals surface area contributed by atoms with Crippen LogP contribution in [0.1, 0.15) is 10.4 Å². The van der Waals surface area contributed by atoms with E-state index in [0.717, 1.165) is 0 Å². The first-order valence-electron chi connectivity index (χ1n) is 4.33. The number of rotatable bonds is 1. The van der Waals surface area contributed by atoms with Crippen molar-refractivity contribution in [1.29, 1.82) is 0 Å². The number of hydrogen-bond donors (Lipinski definition) is 0. The van der Waals surface area contributed by atoms with Crippen molar-refractivity contribution in [3.63, 3.8) is 0 Å². The van der Waals surface area contributed by atoms with E-state index in [1.54, 1.807) is 31.3 Å². The van der Waals surface area contributed by atoms with E-state index < -0.39 is 0 Å². The quantitative estimate of drug-likeness (QED) is 0.672. The van der Waals surface area contributed by atoms with Gasteiger partial charge in [-0.3, -0.25) is 4.79 Å². The summed E-state index contributed by atoms with van der Waals surface area (Å²) in [6.07, 6.45) is 5.37. The molecule has 0 aliphatic carbocycles. The Morgan fingerprint density at radius 2 is 2.21 bits per heavy atom. The van der Waals surface area contributed by atoms with Crippen molar-refractivity contribution >= 4 is 11.6 Å². The van der Waals surface area contributed by atoms with E-state index in [0.29, 0.717) is 11.2 Å². The third-order valence-corrected chi connectivity index (χ3v) is 2.06. The minimum Gasteiger partial charge on any atom is -0.345 e. The molecular formula is C10H11N3O. The summed E-state index contributed by atoms with van der Waals surface area (Å²) < 4.78 is 1.83. The normalized spacial score (nSPS) is 10.4. The van der Waals surface area contributed by atoms with Crippen LogP contribution in [-0.4, -0.2) is 34.3 Å². The van der Waals surface area contributed by atoms with Gasteiger partial charge in [-0.25, -0.2) is 4.98 Å². The van der Waals surface area contributed by atoms with Crippen LogP contribution in [0.5, 0.6) is 0 Å². The number of amides is 1. The lowest BCUT2D eigenvalue weighted by Crippen LogP contribution is -2.22. The van der Waals surface area contributed by atoms with Crippen molar-refractivity contribution in [2.75, 3.05) is 14.1 Å². The van der Waals surface area contributed by atoms with Crippen LogP contribution in [0.4, 0.5) is 0 Å². The zero-order valence-corrected chi connectivity index (χ0v) is 8.14. The standard InChI is InChI=1S/C10H11N3O/c1-12(2)10(14)8-4-3-6-13-7-5-11-9(8)13/h3-7H,1-2H3. The van der Waals surface area contributed by atoms with E-state index in [1.165, 1.54) is 0 Å². The first-order chi connectivity index (χ1) is 6.70. The number of aromatic nitrogens is 2. The van der Waals surface area contributed by atoms with Crippen molar-refractivity contribution < 1.29 is 4.79 Å². The highest BCUT2D eigenvalue weighted by atomic mass is 16.2. The predicted molar refractivity (Wildman–Crippen MR) is 53.2 cm³/mol. The largest absolute Gasteiger partial charge is 0.345 e. The van der Waals surface area contributed by atoms with E-state index in [-0.39, 0.29) is 5.91 Å². The van der Waals surface area contributed by atoms with E-state index in [9.17, 15) is 4.79 Å². The number of hydrogen-bond acceptors (Lipinski definition) is 2. The van der Waals surface area contributed by atoms with Gasteiger partial charge in [0.15, 0.2) is 0 Å². The second-order valence-electron chi connectivity index (χ2n) is 3.28. The summed E-state index contributed by atoms with van der Waals surface area (Å²) in [7, 11) is 3.46. The Bertz CT molecular complexity index is 473. The van der Waals surface area contributed by atoms with Gasteiger partial charge in [0.05, 0.1) is 5.56 Å². The molecule has 2 aromatic heterocycles. The van der Waals surface area contributed by atoms with Gasteiger partial charge in [-0.2, -0.15) is 0 Å². The molecule has 4 heteroatoms. The highest BCUT2D eigenvalue weighted by molar-refractivity contribution is 5.99. The molecule has 0 spiro atoms. The monoisotopic (exact) mass is 189 g/mol. The van der Waals surface area contributed by atoms with Gasteiger partial charge in [0, 0.05) is 32.7 Å². The van der Waals surface area contributed by atoms with Crippen LogP contribution in [0.3, 0.4) is 0 Å². The maximum atomic E-state index is 11.7. The van der Waals surface area contributed by atoms with Crippen molar-refractivity contribution in [2.45, 2.75) is 0 Å². The predicted octanol–water partition coefficient (Wildman–Crippen LogP) is 1.04. The summed E-state index contributed by atoms with van der Waals surface area (Å²) in [5.41, 5.74) is 1.33. The van der Waals surface area contributed by atoms with Crippen molar-refractivity contribution in [2.24, 2.45) is 0 Å². The molecule has 0 saturated carbocycles. The summed E-state index contributed by atoms with van der Waals surface area (Å²) in [5.74, 6) is -0.0261. The van der Waals surface area contributed by atoms with Crippen molar-refractivity contribution in [3.05, 3.63) is 36.3 Å². The van der Waals surface area contributed by atoms with Gasteiger partial charge in [0.1, 0.15) is 5.65 Å². The van der Waals surface area contributed by atoms with Crippen LogP contribution in [0, 0.1) is 0 Å². The van der Waals surface area contributed by atoms with Crippen LogP contribution < -0.4 is 0 Å². The summed E-state index contributed by atoms with van der Waals surface area (Å²) in [6.45, 7) is 0. The molecule has 0 saturated heterocycles. The molecule has 0 bridgehead atoms. The molecular weight excluding hydrogens is 178 g/mol. The first-order valence-corrected chi connectivity index (χ1v) is 4.33. The second kappa shape index (κ2) is 3.14. The maximum absolute atomic E-state index is 11.7. The lowest BCUT2D eigenvalue weighted by molar-refractivity contribution is 0.0829. The molecule has 0 atom stereocenters. The molecule has 0 aliphatic rings. The van der Waals surface area contributed by atoms with Crippen LogP contribution in [0.25, 0.3) is 5.65 Å². The third kappa shape index (κ3) is 1.25. The molecule has 2 heterocycles. The Kier molecular flexibility index (Phi) is 1.96. The van der Waals surface area contributed by atoms with E-state index >= 15 is 0 Å². The average Bonchev–Trinajstić information content (AvgIpc) is 2.63. The lowest BCUT2D eigenvalue weighted by Gasteiger charge is -2.10. The molecule has 72 valence electrons. The number of nitrogens with zero attached hydrogens (tertiary/aromatic N) is 3. The highest BCUT2D eigenvalue weighted by Gasteiger charge is 2.12. The summed E-state index contributed by atoms with van der Waals surface area (Å²) in [5, 5.41) is 0. The van der Waals surface area contributed by atoms with Gasteiger partial charge in [0.2, 0.25) is 0 Å². The minimum atomic E-state index is -0.0261. The molecule has 0 radical (unpaired) electrons. The first kappa shape index (κ1) is 8.74. The smallest absolute Gasteiger partial charge is 0.257 e. The van der Waals surface area contributed by atoms with Gasteiger partial charge in [0.25, 0.3) is 5.91 Å². The number of fused-ring (bicyclic) bond motifs is 1. The number of carbonyl (C=O) groups excluding carboxylic acids is 1. The van der Waals surface area contributed by atoms with Gasteiger partial charge in [-0.15, -0.1) is 0 Å². The SMILES string of the molecule is CN(C)C(=O)c1cccn2ccnc12. The van der Waals surface area contributed by atoms with Crippen LogP contribution >= 0.6 is 0 Å². The molecule has 2 aromatic rings. The van der Waals surface area contributed by atoms with Gasteiger partial charge in [-0.05, 0) is 12.1 Å². The molecule has 0 aromatic carbocycles. The van der Waals surface area contributed by atoms with E-state index in [4.69, 9.17) is 0 Å². The average molecular weight is 189 g/mol.